The van der Waals surface area contributed by atoms with Gasteiger partial charge in [0.1, 0.15) is 18.1 Å². The van der Waals surface area contributed by atoms with Gasteiger partial charge < -0.3 is 9.15 Å². The van der Waals surface area contributed by atoms with Crippen LogP contribution in [-0.2, 0) is 16.1 Å². The molecule has 5 heteroatoms. The summed E-state index contributed by atoms with van der Waals surface area (Å²) in [6, 6.07) is 16.7. The number of esters is 1. The smallest absolute Gasteiger partial charge is 0.331 e. The summed E-state index contributed by atoms with van der Waals surface area (Å²) in [4.78, 5) is 16.2. The SMILES string of the molecule is Cc1oc(-c2ccccc2)nc1COC(=O)/C=C/c1ccc(Cl)cc1. The molecule has 0 spiro atoms. The monoisotopic (exact) mass is 353 g/mol. The summed E-state index contributed by atoms with van der Waals surface area (Å²) in [5, 5.41) is 0.649. The molecule has 0 N–H and O–H groups in total. The van der Waals surface area contributed by atoms with Crippen molar-refractivity contribution >= 4 is 23.6 Å². The largest absolute Gasteiger partial charge is 0.456 e. The number of carbonyl (C=O) groups is 1. The van der Waals surface area contributed by atoms with Crippen molar-refractivity contribution in [3.63, 3.8) is 0 Å². The number of aromatic nitrogens is 1. The summed E-state index contributed by atoms with van der Waals surface area (Å²) in [5.41, 5.74) is 2.35. The number of carbonyl (C=O) groups excluding carboxylic acids is 1. The number of aryl methyl sites for hydroxylation is 1. The highest BCUT2D eigenvalue weighted by Gasteiger charge is 2.12. The van der Waals surface area contributed by atoms with E-state index in [9.17, 15) is 4.79 Å². The predicted molar refractivity (Wildman–Crippen MR) is 97.0 cm³/mol. The zero-order chi connectivity index (χ0) is 17.6. The van der Waals surface area contributed by atoms with Crippen molar-refractivity contribution < 1.29 is 13.9 Å². The van der Waals surface area contributed by atoms with Crippen LogP contribution in [0.3, 0.4) is 0 Å². The van der Waals surface area contributed by atoms with Crippen LogP contribution in [0.25, 0.3) is 17.5 Å². The molecular formula is C20H16ClNO3. The van der Waals surface area contributed by atoms with E-state index < -0.39 is 5.97 Å². The Labute approximate surface area is 150 Å². The summed E-state index contributed by atoms with van der Waals surface area (Å²) in [5.74, 6) is 0.702. The van der Waals surface area contributed by atoms with Crippen molar-refractivity contribution in [1.82, 2.24) is 4.98 Å². The van der Waals surface area contributed by atoms with Crippen molar-refractivity contribution in [3.8, 4) is 11.5 Å². The summed E-state index contributed by atoms with van der Waals surface area (Å²) in [6.45, 7) is 1.86. The molecule has 0 radical (unpaired) electrons. The first-order valence-electron chi connectivity index (χ1n) is 7.74. The Kier molecular flexibility index (Phi) is 5.31. The van der Waals surface area contributed by atoms with Crippen molar-refractivity contribution in [2.45, 2.75) is 13.5 Å². The zero-order valence-corrected chi connectivity index (χ0v) is 14.4. The van der Waals surface area contributed by atoms with Crippen LogP contribution < -0.4 is 0 Å². The quantitative estimate of drug-likeness (QED) is 0.475. The molecule has 1 aromatic heterocycles. The number of ether oxygens (including phenoxy) is 1. The Morgan fingerprint density at radius 1 is 1.16 bits per heavy atom. The third-order valence-electron chi connectivity index (χ3n) is 3.55. The Morgan fingerprint density at radius 2 is 1.88 bits per heavy atom. The maximum atomic E-state index is 11.9. The highest BCUT2D eigenvalue weighted by Crippen LogP contribution is 2.21. The highest BCUT2D eigenvalue weighted by molar-refractivity contribution is 6.30. The van der Waals surface area contributed by atoms with Gasteiger partial charge in [-0.2, -0.15) is 0 Å². The minimum Gasteiger partial charge on any atom is -0.456 e. The molecule has 0 unspecified atom stereocenters. The van der Waals surface area contributed by atoms with E-state index in [4.69, 9.17) is 20.8 Å². The van der Waals surface area contributed by atoms with E-state index in [0.29, 0.717) is 22.4 Å². The van der Waals surface area contributed by atoms with Crippen LogP contribution in [0.2, 0.25) is 5.02 Å². The molecule has 1 heterocycles. The van der Waals surface area contributed by atoms with Crippen LogP contribution >= 0.6 is 11.6 Å². The number of hydrogen-bond donors (Lipinski definition) is 0. The number of oxazole rings is 1. The summed E-state index contributed by atoms with van der Waals surface area (Å²) in [7, 11) is 0. The first-order chi connectivity index (χ1) is 12.1. The maximum absolute atomic E-state index is 11.9. The molecule has 0 saturated heterocycles. The van der Waals surface area contributed by atoms with Crippen LogP contribution in [0.1, 0.15) is 17.0 Å². The molecular weight excluding hydrogens is 338 g/mol. The standard InChI is InChI=1S/C20H16ClNO3/c1-14-18(22-20(25-14)16-5-3-2-4-6-16)13-24-19(23)12-9-15-7-10-17(21)11-8-15/h2-12H,13H2,1H3/b12-9+. The summed E-state index contributed by atoms with van der Waals surface area (Å²) in [6.07, 6.45) is 3.04. The Bertz CT molecular complexity index is 883. The number of benzene rings is 2. The molecule has 0 saturated carbocycles. The molecule has 0 amide bonds. The lowest BCUT2D eigenvalue weighted by Crippen LogP contribution is -2.02. The Hall–Kier alpha value is -2.85. The van der Waals surface area contributed by atoms with Crippen LogP contribution in [0.4, 0.5) is 0 Å². The van der Waals surface area contributed by atoms with Gasteiger partial charge in [-0.3, -0.25) is 0 Å². The average Bonchev–Trinajstić information content (AvgIpc) is 3.01. The molecule has 0 aliphatic heterocycles. The molecule has 0 aliphatic rings. The molecule has 3 aromatic rings. The fraction of sp³-hybridized carbons (Fsp3) is 0.100. The fourth-order valence-electron chi connectivity index (χ4n) is 2.19. The van der Waals surface area contributed by atoms with E-state index in [1.807, 2.05) is 42.5 Å². The third kappa shape index (κ3) is 4.58. The van der Waals surface area contributed by atoms with E-state index in [0.717, 1.165) is 11.1 Å². The van der Waals surface area contributed by atoms with E-state index >= 15 is 0 Å². The van der Waals surface area contributed by atoms with Crippen molar-refractivity contribution in [3.05, 3.63) is 82.7 Å². The second kappa shape index (κ2) is 7.81. The van der Waals surface area contributed by atoms with Crippen molar-refractivity contribution in [2.75, 3.05) is 0 Å². The minimum atomic E-state index is -0.446. The minimum absolute atomic E-state index is 0.0615. The molecule has 0 fully saturated rings. The molecule has 126 valence electrons. The molecule has 0 bridgehead atoms. The van der Waals surface area contributed by atoms with Gasteiger partial charge in [0.05, 0.1) is 0 Å². The van der Waals surface area contributed by atoms with Crippen LogP contribution in [0.5, 0.6) is 0 Å². The predicted octanol–water partition coefficient (Wildman–Crippen LogP) is 5.06. The van der Waals surface area contributed by atoms with Gasteiger partial charge >= 0.3 is 5.97 Å². The van der Waals surface area contributed by atoms with E-state index in [1.54, 1.807) is 25.1 Å². The first-order valence-corrected chi connectivity index (χ1v) is 8.12. The second-order valence-corrected chi connectivity index (χ2v) is 5.82. The van der Waals surface area contributed by atoms with Crippen LogP contribution in [0, 0.1) is 6.92 Å². The number of hydrogen-bond acceptors (Lipinski definition) is 4. The van der Waals surface area contributed by atoms with Gasteiger partial charge in [0.25, 0.3) is 0 Å². The first kappa shape index (κ1) is 17.0. The lowest BCUT2D eigenvalue weighted by atomic mass is 10.2. The van der Waals surface area contributed by atoms with Gasteiger partial charge in [0.15, 0.2) is 0 Å². The normalized spacial score (nSPS) is 11.0. The molecule has 2 aromatic carbocycles. The van der Waals surface area contributed by atoms with Gasteiger partial charge in [-0.25, -0.2) is 9.78 Å². The topological polar surface area (TPSA) is 52.3 Å². The lowest BCUT2D eigenvalue weighted by molar-refractivity contribution is -0.139. The molecule has 0 aliphatic carbocycles. The molecule has 0 atom stereocenters. The van der Waals surface area contributed by atoms with Crippen LogP contribution in [0.15, 0.2) is 65.1 Å². The molecule has 3 rings (SSSR count). The van der Waals surface area contributed by atoms with Gasteiger partial charge in [0, 0.05) is 16.7 Å². The van der Waals surface area contributed by atoms with Gasteiger partial charge in [-0.1, -0.05) is 41.9 Å². The second-order valence-electron chi connectivity index (χ2n) is 5.38. The molecule has 25 heavy (non-hydrogen) atoms. The van der Waals surface area contributed by atoms with Crippen molar-refractivity contribution in [2.24, 2.45) is 0 Å². The van der Waals surface area contributed by atoms with Gasteiger partial charge in [-0.15, -0.1) is 0 Å². The fourth-order valence-corrected chi connectivity index (χ4v) is 2.32. The maximum Gasteiger partial charge on any atom is 0.331 e. The zero-order valence-electron chi connectivity index (χ0n) is 13.6. The van der Waals surface area contributed by atoms with Gasteiger partial charge in [0.2, 0.25) is 5.89 Å². The summed E-state index contributed by atoms with van der Waals surface area (Å²) >= 11 is 5.82. The number of nitrogens with zero attached hydrogens (tertiary/aromatic N) is 1. The average molecular weight is 354 g/mol. The third-order valence-corrected chi connectivity index (χ3v) is 3.80. The van der Waals surface area contributed by atoms with Gasteiger partial charge in [-0.05, 0) is 42.8 Å². The number of halogens is 1. The highest BCUT2D eigenvalue weighted by atomic mass is 35.5. The van der Waals surface area contributed by atoms with E-state index in [-0.39, 0.29) is 6.61 Å². The number of rotatable bonds is 5. The Balaban J connectivity index is 1.60. The Morgan fingerprint density at radius 3 is 2.60 bits per heavy atom. The summed E-state index contributed by atoms with van der Waals surface area (Å²) < 4.78 is 10.9. The lowest BCUT2D eigenvalue weighted by Gasteiger charge is -1.99. The van der Waals surface area contributed by atoms with E-state index in [1.165, 1.54) is 6.08 Å². The van der Waals surface area contributed by atoms with E-state index in [2.05, 4.69) is 4.98 Å². The van der Waals surface area contributed by atoms with Crippen molar-refractivity contribution in [1.29, 1.82) is 0 Å². The molecule has 4 nitrogen and oxygen atoms in total. The van der Waals surface area contributed by atoms with Crippen LogP contribution in [-0.4, -0.2) is 11.0 Å².